The zero-order valence-corrected chi connectivity index (χ0v) is 12.3. The van der Waals surface area contributed by atoms with Crippen molar-refractivity contribution in [2.24, 2.45) is 0 Å². The van der Waals surface area contributed by atoms with Gasteiger partial charge < -0.3 is 4.74 Å². The number of esters is 2. The van der Waals surface area contributed by atoms with Gasteiger partial charge in [0.25, 0.3) is 0 Å². The van der Waals surface area contributed by atoms with Gasteiger partial charge in [0.15, 0.2) is 0 Å². The first-order valence-electron chi connectivity index (χ1n) is 6.78. The topological polar surface area (TPSA) is 43.4 Å². The summed E-state index contributed by atoms with van der Waals surface area (Å²) in [6, 6.07) is 2.30. The number of hydrogen-bond acceptors (Lipinski definition) is 3. The summed E-state index contributed by atoms with van der Waals surface area (Å²) in [6.07, 6.45) is 5.00. The van der Waals surface area contributed by atoms with Crippen LogP contribution in [0.3, 0.4) is 0 Å². The van der Waals surface area contributed by atoms with E-state index in [1.165, 1.54) is 12.8 Å². The highest BCUT2D eigenvalue weighted by Crippen LogP contribution is 2.39. The van der Waals surface area contributed by atoms with Crippen molar-refractivity contribution in [3.63, 3.8) is 0 Å². The molecule has 1 saturated heterocycles. The van der Waals surface area contributed by atoms with E-state index >= 15 is 0 Å². The Balaban J connectivity index is 2.73. The molecule has 1 atom stereocenters. The van der Waals surface area contributed by atoms with Crippen LogP contribution in [-0.4, -0.2) is 20.0 Å². The van der Waals surface area contributed by atoms with Crippen LogP contribution >= 0.6 is 0 Å². The Morgan fingerprint density at radius 2 is 1.71 bits per heavy atom. The smallest absolute Gasteiger partial charge is 0.314 e. The zero-order chi connectivity index (χ0) is 12.9. The Bertz CT molecular complexity index is 280. The fourth-order valence-corrected chi connectivity index (χ4v) is 7.20. The van der Waals surface area contributed by atoms with Gasteiger partial charge >= 0.3 is 11.9 Å². The highest BCUT2D eigenvalue weighted by molar-refractivity contribution is 6.83. The number of cyclic esters (lactones) is 2. The summed E-state index contributed by atoms with van der Waals surface area (Å²) in [6.45, 7) is 6.63. The molecule has 0 saturated carbocycles. The predicted octanol–water partition coefficient (Wildman–Crippen LogP) is 3.51. The number of carbonyl (C=O) groups is 2. The van der Waals surface area contributed by atoms with E-state index in [1.54, 1.807) is 0 Å². The van der Waals surface area contributed by atoms with Gasteiger partial charge in [-0.15, -0.1) is 0 Å². The van der Waals surface area contributed by atoms with E-state index < -0.39 is 8.07 Å². The van der Waals surface area contributed by atoms with E-state index in [0.717, 1.165) is 24.9 Å². The molecular formula is C13H24O3Si. The molecule has 1 unspecified atom stereocenters. The molecule has 4 heteroatoms. The first-order chi connectivity index (χ1) is 8.03. The summed E-state index contributed by atoms with van der Waals surface area (Å²) >= 11 is 0. The Labute approximate surface area is 105 Å². The van der Waals surface area contributed by atoms with Crippen LogP contribution in [0.25, 0.3) is 0 Å². The van der Waals surface area contributed by atoms with Gasteiger partial charge in [-0.25, -0.2) is 0 Å². The van der Waals surface area contributed by atoms with Crippen molar-refractivity contribution in [3.05, 3.63) is 0 Å². The Morgan fingerprint density at radius 1 is 1.18 bits per heavy atom. The van der Waals surface area contributed by atoms with E-state index in [-0.39, 0.29) is 17.5 Å². The monoisotopic (exact) mass is 256 g/mol. The van der Waals surface area contributed by atoms with Crippen molar-refractivity contribution < 1.29 is 14.3 Å². The van der Waals surface area contributed by atoms with Crippen LogP contribution in [-0.2, 0) is 14.3 Å². The summed E-state index contributed by atoms with van der Waals surface area (Å²) in [5.74, 6) is -0.553. The Kier molecular flexibility index (Phi) is 5.37. The Hall–Kier alpha value is -0.643. The molecule has 0 aromatic carbocycles. The summed E-state index contributed by atoms with van der Waals surface area (Å²) in [5.41, 5.74) is -0.0758. The minimum Gasteiger partial charge on any atom is -0.393 e. The molecule has 0 amide bonds. The molecule has 0 aromatic rings. The molecule has 3 nitrogen and oxygen atoms in total. The second-order valence-corrected chi connectivity index (χ2v) is 10.4. The van der Waals surface area contributed by atoms with Crippen LogP contribution in [0.1, 0.15) is 46.0 Å². The summed E-state index contributed by atoms with van der Waals surface area (Å²) in [4.78, 5) is 23.0. The van der Waals surface area contributed by atoms with Gasteiger partial charge in [-0.1, -0.05) is 58.2 Å². The average molecular weight is 256 g/mol. The highest BCUT2D eigenvalue weighted by Gasteiger charge is 2.46. The molecule has 17 heavy (non-hydrogen) atoms. The summed E-state index contributed by atoms with van der Waals surface area (Å²) in [5, 5.41) is 0. The van der Waals surface area contributed by atoms with Crippen LogP contribution in [0.2, 0.25) is 24.2 Å². The zero-order valence-electron chi connectivity index (χ0n) is 11.3. The fraction of sp³-hybridized carbons (Fsp3) is 0.846. The van der Waals surface area contributed by atoms with Crippen molar-refractivity contribution in [2.75, 3.05) is 0 Å². The number of unbranched alkanes of at least 4 members (excludes halogenated alkanes) is 2. The highest BCUT2D eigenvalue weighted by atomic mass is 28.3. The quantitative estimate of drug-likeness (QED) is 0.398. The Morgan fingerprint density at radius 3 is 2.06 bits per heavy atom. The molecule has 1 aliphatic heterocycles. The van der Waals surface area contributed by atoms with Crippen LogP contribution in [0.4, 0.5) is 0 Å². The molecule has 0 N–H and O–H groups in total. The maximum Gasteiger partial charge on any atom is 0.314 e. The molecule has 1 aliphatic rings. The van der Waals surface area contributed by atoms with Gasteiger partial charge in [0, 0.05) is 0 Å². The van der Waals surface area contributed by atoms with Crippen molar-refractivity contribution in [1.82, 2.24) is 0 Å². The molecule has 0 spiro atoms. The molecule has 0 bridgehead atoms. The number of carbonyl (C=O) groups excluding carboxylic acids is 2. The van der Waals surface area contributed by atoms with Gasteiger partial charge in [-0.3, -0.25) is 9.59 Å². The van der Waals surface area contributed by atoms with Gasteiger partial charge in [0.1, 0.15) is 0 Å². The fourth-order valence-electron chi connectivity index (χ4n) is 2.64. The van der Waals surface area contributed by atoms with Gasteiger partial charge in [0.05, 0.1) is 20.0 Å². The minimum absolute atomic E-state index is 0.0758. The SMILES string of the molecule is CCCC[Si](C)(CCCC)C1CC(=O)OC1=O. The summed E-state index contributed by atoms with van der Waals surface area (Å²) in [7, 11) is -1.66. The number of rotatable bonds is 7. The molecule has 0 aromatic heterocycles. The molecule has 98 valence electrons. The first kappa shape index (κ1) is 14.4. The van der Waals surface area contributed by atoms with Crippen molar-refractivity contribution in [2.45, 2.75) is 70.1 Å². The summed E-state index contributed by atoms with van der Waals surface area (Å²) < 4.78 is 4.74. The van der Waals surface area contributed by atoms with Crippen molar-refractivity contribution in [1.29, 1.82) is 0 Å². The number of hydrogen-bond donors (Lipinski definition) is 0. The van der Waals surface area contributed by atoms with Gasteiger partial charge in [0.2, 0.25) is 0 Å². The van der Waals surface area contributed by atoms with Gasteiger partial charge in [-0.05, 0) is 0 Å². The third-order valence-electron chi connectivity index (χ3n) is 3.91. The van der Waals surface area contributed by atoms with Gasteiger partial charge in [-0.2, -0.15) is 0 Å². The predicted molar refractivity (Wildman–Crippen MR) is 70.5 cm³/mol. The molecule has 0 radical (unpaired) electrons. The molecule has 1 heterocycles. The van der Waals surface area contributed by atoms with Crippen molar-refractivity contribution >= 4 is 20.0 Å². The van der Waals surface area contributed by atoms with E-state index in [1.807, 2.05) is 0 Å². The third kappa shape index (κ3) is 3.66. The molecule has 1 fully saturated rings. The van der Waals surface area contributed by atoms with Crippen LogP contribution in [0.15, 0.2) is 0 Å². The lowest BCUT2D eigenvalue weighted by Gasteiger charge is -2.30. The molecule has 0 aliphatic carbocycles. The lowest BCUT2D eigenvalue weighted by Crippen LogP contribution is -2.38. The number of ether oxygens (including phenoxy) is 1. The molecule has 1 rings (SSSR count). The standard InChI is InChI=1S/C13H24O3Si/c1-4-6-8-17(3,9-7-5-2)11-10-12(14)16-13(11)15/h11H,4-10H2,1-3H3. The van der Waals surface area contributed by atoms with Crippen molar-refractivity contribution in [3.8, 4) is 0 Å². The average Bonchev–Trinajstić information content (AvgIpc) is 2.64. The third-order valence-corrected chi connectivity index (χ3v) is 9.03. The lowest BCUT2D eigenvalue weighted by molar-refractivity contribution is -0.152. The van der Waals surface area contributed by atoms with Crippen LogP contribution in [0, 0.1) is 0 Å². The minimum atomic E-state index is -1.66. The normalized spacial score (nSPS) is 20.8. The van der Waals surface area contributed by atoms with Crippen LogP contribution in [0.5, 0.6) is 0 Å². The second kappa shape index (κ2) is 6.33. The van der Waals surface area contributed by atoms with E-state index in [0.29, 0.717) is 6.42 Å². The molecular weight excluding hydrogens is 232 g/mol. The lowest BCUT2D eigenvalue weighted by atomic mass is 10.3. The maximum atomic E-state index is 11.7. The van der Waals surface area contributed by atoms with E-state index in [2.05, 4.69) is 20.4 Å². The largest absolute Gasteiger partial charge is 0.393 e. The van der Waals surface area contributed by atoms with Crippen LogP contribution < -0.4 is 0 Å². The van der Waals surface area contributed by atoms with E-state index in [9.17, 15) is 9.59 Å². The van der Waals surface area contributed by atoms with E-state index in [4.69, 9.17) is 4.74 Å². The second-order valence-electron chi connectivity index (χ2n) is 5.41. The first-order valence-corrected chi connectivity index (χ1v) is 9.77. The maximum absolute atomic E-state index is 11.7.